The van der Waals surface area contributed by atoms with Crippen LogP contribution in [-0.4, -0.2) is 46.9 Å². The van der Waals surface area contributed by atoms with E-state index in [1.165, 1.54) is 16.7 Å². The molecule has 3 atom stereocenters. The minimum atomic E-state index is -1.29. The maximum atomic E-state index is 14.9. The molecule has 0 saturated carbocycles. The molecule has 2 aromatic rings. The lowest BCUT2D eigenvalue weighted by molar-refractivity contribution is -0.126. The number of alkyl halides is 1. The van der Waals surface area contributed by atoms with E-state index in [9.17, 15) is 14.0 Å². The number of carbonyl (C=O) groups excluding carboxylic acids is 2. The van der Waals surface area contributed by atoms with Gasteiger partial charge in [0.05, 0.1) is 24.2 Å². The largest absolute Gasteiger partial charge is 0.450 e. The molecule has 3 rings (SSSR count). The van der Waals surface area contributed by atoms with Gasteiger partial charge in [0.15, 0.2) is 0 Å². The highest BCUT2D eigenvalue weighted by molar-refractivity contribution is 5.85. The quantitative estimate of drug-likeness (QED) is 0.588. The van der Waals surface area contributed by atoms with Gasteiger partial charge in [-0.2, -0.15) is 0 Å². The van der Waals surface area contributed by atoms with Gasteiger partial charge in [-0.1, -0.05) is 35.5 Å². The van der Waals surface area contributed by atoms with E-state index in [0.717, 1.165) is 12.8 Å². The molecule has 33 heavy (non-hydrogen) atoms. The lowest BCUT2D eigenvalue weighted by Gasteiger charge is -2.27. The topological polar surface area (TPSA) is 111 Å². The van der Waals surface area contributed by atoms with Crippen LogP contribution in [0.2, 0.25) is 0 Å². The van der Waals surface area contributed by atoms with Crippen molar-refractivity contribution >= 4 is 12.0 Å². The van der Waals surface area contributed by atoms with Gasteiger partial charge in [0, 0.05) is 12.1 Å². The van der Waals surface area contributed by atoms with Crippen LogP contribution in [0.4, 0.5) is 9.18 Å². The molecule has 1 aliphatic rings. The van der Waals surface area contributed by atoms with Gasteiger partial charge < -0.3 is 20.3 Å². The molecule has 1 fully saturated rings. The normalized spacial score (nSPS) is 19.4. The molecule has 8 nitrogen and oxygen atoms in total. The summed E-state index contributed by atoms with van der Waals surface area (Å²) in [6.45, 7) is 5.36. The first-order valence-electron chi connectivity index (χ1n) is 11.4. The number of benzene rings is 1. The van der Waals surface area contributed by atoms with Gasteiger partial charge in [-0.25, -0.2) is 9.18 Å². The summed E-state index contributed by atoms with van der Waals surface area (Å²) in [6, 6.07) is 8.57. The van der Waals surface area contributed by atoms with Crippen LogP contribution in [0.15, 0.2) is 41.1 Å². The monoisotopic (exact) mass is 460 g/mol. The van der Waals surface area contributed by atoms with Crippen molar-refractivity contribution in [3.63, 3.8) is 0 Å². The van der Waals surface area contributed by atoms with Crippen LogP contribution in [0, 0.1) is 0 Å². The average Bonchev–Trinajstić information content (AvgIpc) is 3.39. The summed E-state index contributed by atoms with van der Waals surface area (Å²) in [6.07, 6.45) is 1.76. The smallest absolute Gasteiger partial charge is 0.410 e. The summed E-state index contributed by atoms with van der Waals surface area (Å²) >= 11 is 0. The van der Waals surface area contributed by atoms with Crippen molar-refractivity contribution < 1.29 is 23.2 Å². The van der Waals surface area contributed by atoms with Gasteiger partial charge in [-0.05, 0) is 52.0 Å². The third-order valence-electron chi connectivity index (χ3n) is 5.79. The van der Waals surface area contributed by atoms with E-state index < -0.39 is 29.9 Å². The summed E-state index contributed by atoms with van der Waals surface area (Å²) in [5, 5.41) is 7.07. The van der Waals surface area contributed by atoms with Crippen molar-refractivity contribution in [2.45, 2.75) is 70.2 Å². The van der Waals surface area contributed by atoms with Crippen LogP contribution in [-0.2, 0) is 16.0 Å². The van der Waals surface area contributed by atoms with Crippen molar-refractivity contribution in [1.29, 1.82) is 0 Å². The first-order valence-corrected chi connectivity index (χ1v) is 11.4. The first-order chi connectivity index (χ1) is 15.7. The molecule has 180 valence electrons. The fraction of sp³-hybridized carbons (Fsp3) is 0.542. The molecule has 1 aliphatic heterocycles. The molecule has 0 aliphatic carbocycles. The third-order valence-corrected chi connectivity index (χ3v) is 5.79. The molecule has 2 amide bonds. The Labute approximate surface area is 193 Å². The zero-order valence-corrected chi connectivity index (χ0v) is 19.4. The Morgan fingerprint density at radius 2 is 2.09 bits per heavy atom. The van der Waals surface area contributed by atoms with Crippen molar-refractivity contribution in [3.8, 4) is 0 Å². The number of nitrogens with one attached hydrogen (secondary N) is 1. The van der Waals surface area contributed by atoms with E-state index in [1.807, 2.05) is 30.3 Å². The molecule has 0 radical (unpaired) electrons. The standard InChI is InChI=1S/C24H33FN4O4/c1-4-32-23(31)29-14-13-18(25)21(29)17-15-33-28-20(17)19(27-22(30)24(2,3)26)12-8-11-16-9-6-5-7-10-16/h5-7,9-10,15,18-19,21H,4,8,11-14,26H2,1-3H3,(H,27,30)/t18-,19-,21?/m1/s1. The number of aryl methyl sites for hydroxylation is 1. The Kier molecular flexibility index (Phi) is 8.07. The number of nitrogens with two attached hydrogens (primary N) is 1. The Bertz CT molecular complexity index is 928. The molecular formula is C24H33FN4O4. The molecule has 1 aromatic heterocycles. The number of likely N-dealkylation sites (tertiary alicyclic amines) is 1. The second kappa shape index (κ2) is 10.8. The molecule has 0 spiro atoms. The zero-order valence-electron chi connectivity index (χ0n) is 19.4. The number of rotatable bonds is 9. The highest BCUT2D eigenvalue weighted by Crippen LogP contribution is 2.39. The zero-order chi connectivity index (χ0) is 24.0. The molecule has 2 heterocycles. The van der Waals surface area contributed by atoms with Gasteiger partial charge >= 0.3 is 6.09 Å². The van der Waals surface area contributed by atoms with Gasteiger partial charge in [-0.3, -0.25) is 9.69 Å². The van der Waals surface area contributed by atoms with Gasteiger partial charge in [-0.15, -0.1) is 0 Å². The number of nitrogens with zero attached hydrogens (tertiary/aromatic N) is 2. The van der Waals surface area contributed by atoms with Crippen LogP contribution in [0.5, 0.6) is 0 Å². The van der Waals surface area contributed by atoms with E-state index in [1.54, 1.807) is 20.8 Å². The summed E-state index contributed by atoms with van der Waals surface area (Å²) in [7, 11) is 0. The highest BCUT2D eigenvalue weighted by Gasteiger charge is 2.43. The van der Waals surface area contributed by atoms with Crippen molar-refractivity contribution in [2.75, 3.05) is 13.2 Å². The molecular weight excluding hydrogens is 427 g/mol. The van der Waals surface area contributed by atoms with E-state index in [4.69, 9.17) is 15.0 Å². The second-order valence-corrected chi connectivity index (χ2v) is 8.92. The molecule has 1 unspecified atom stereocenters. The maximum Gasteiger partial charge on any atom is 0.410 e. The Morgan fingerprint density at radius 1 is 1.36 bits per heavy atom. The van der Waals surface area contributed by atoms with Gasteiger partial charge in [0.25, 0.3) is 0 Å². The minimum absolute atomic E-state index is 0.189. The van der Waals surface area contributed by atoms with Gasteiger partial charge in [0.2, 0.25) is 5.91 Å². The lowest BCUT2D eigenvalue weighted by atomic mass is 9.95. The van der Waals surface area contributed by atoms with Crippen molar-refractivity contribution in [3.05, 3.63) is 53.4 Å². The molecule has 0 bridgehead atoms. The molecule has 9 heteroatoms. The van der Waals surface area contributed by atoms with E-state index in [0.29, 0.717) is 17.7 Å². The summed E-state index contributed by atoms with van der Waals surface area (Å²) < 4.78 is 25.3. The number of aromatic nitrogens is 1. The third kappa shape index (κ3) is 6.10. The number of amides is 2. The van der Waals surface area contributed by atoms with E-state index in [2.05, 4.69) is 10.5 Å². The Hall–Kier alpha value is -2.94. The van der Waals surface area contributed by atoms with E-state index in [-0.39, 0.29) is 25.5 Å². The van der Waals surface area contributed by atoms with Gasteiger partial charge in [0.1, 0.15) is 18.1 Å². The summed E-state index contributed by atoms with van der Waals surface area (Å²) in [4.78, 5) is 26.5. The predicted octanol–water partition coefficient (Wildman–Crippen LogP) is 3.83. The Balaban J connectivity index is 1.85. The van der Waals surface area contributed by atoms with Crippen LogP contribution in [0.3, 0.4) is 0 Å². The number of hydrogen-bond donors (Lipinski definition) is 2. The number of ether oxygens (including phenoxy) is 1. The number of halogens is 1. The molecule has 1 aromatic carbocycles. The van der Waals surface area contributed by atoms with Crippen LogP contribution in [0.1, 0.15) is 68.9 Å². The molecule has 3 N–H and O–H groups in total. The van der Waals surface area contributed by atoms with Crippen LogP contribution < -0.4 is 11.1 Å². The SMILES string of the molecule is CCOC(=O)N1CC[C@@H](F)C1c1conc1[C@@H](CCCc1ccccc1)NC(=O)C(C)(C)N. The fourth-order valence-electron chi connectivity index (χ4n) is 4.04. The highest BCUT2D eigenvalue weighted by atomic mass is 19.1. The predicted molar refractivity (Wildman–Crippen MR) is 121 cm³/mol. The van der Waals surface area contributed by atoms with Crippen LogP contribution in [0.25, 0.3) is 0 Å². The Morgan fingerprint density at radius 3 is 2.76 bits per heavy atom. The average molecular weight is 461 g/mol. The summed E-state index contributed by atoms with van der Waals surface area (Å²) in [5.41, 5.74) is 6.91. The first kappa shape index (κ1) is 24.7. The van der Waals surface area contributed by atoms with Crippen molar-refractivity contribution in [2.24, 2.45) is 5.73 Å². The number of hydrogen-bond acceptors (Lipinski definition) is 6. The maximum absolute atomic E-state index is 14.9. The van der Waals surface area contributed by atoms with E-state index >= 15 is 0 Å². The van der Waals surface area contributed by atoms with Crippen LogP contribution >= 0.6 is 0 Å². The summed E-state index contributed by atoms with van der Waals surface area (Å²) in [5.74, 6) is -0.355. The fourth-order valence-corrected chi connectivity index (χ4v) is 4.04. The number of carbonyl (C=O) groups is 2. The molecule has 1 saturated heterocycles. The lowest BCUT2D eigenvalue weighted by Crippen LogP contribution is -2.50. The second-order valence-electron chi connectivity index (χ2n) is 8.92. The minimum Gasteiger partial charge on any atom is -0.450 e. The van der Waals surface area contributed by atoms with Crippen molar-refractivity contribution in [1.82, 2.24) is 15.4 Å².